The first-order chi connectivity index (χ1) is 24.2. The van der Waals surface area contributed by atoms with Gasteiger partial charge in [-0.25, -0.2) is 9.59 Å². The summed E-state index contributed by atoms with van der Waals surface area (Å²) in [5.41, 5.74) is 4.15. The Hall–Kier alpha value is -4.36. The number of urea groups is 1. The van der Waals surface area contributed by atoms with Crippen molar-refractivity contribution in [2.75, 3.05) is 71.5 Å². The fourth-order valence-electron chi connectivity index (χ4n) is 7.81. The van der Waals surface area contributed by atoms with Gasteiger partial charge in [0.15, 0.2) is 6.10 Å². The number of methoxy groups -OCH3 is 1. The zero-order valence-electron chi connectivity index (χ0n) is 29.4. The van der Waals surface area contributed by atoms with Gasteiger partial charge in [-0.05, 0) is 86.4 Å². The second kappa shape index (κ2) is 16.1. The molecule has 0 spiro atoms. The van der Waals surface area contributed by atoms with E-state index in [0.717, 1.165) is 72.8 Å². The number of nitrogens with zero attached hydrogens (tertiary/aromatic N) is 4. The Morgan fingerprint density at radius 2 is 1.62 bits per heavy atom. The molecule has 4 amide bonds. The van der Waals surface area contributed by atoms with Crippen LogP contribution in [0.4, 0.5) is 15.3 Å². The van der Waals surface area contributed by atoms with E-state index in [4.69, 9.17) is 18.9 Å². The van der Waals surface area contributed by atoms with Crippen LogP contribution in [-0.2, 0) is 31.9 Å². The van der Waals surface area contributed by atoms with Gasteiger partial charge >= 0.3 is 12.1 Å². The minimum Gasteiger partial charge on any atom is -0.497 e. The number of hydrogen-bond acceptors (Lipinski definition) is 9. The number of piperidine rings is 1. The molecule has 0 unspecified atom stereocenters. The number of likely N-dealkylation sites (tertiary alicyclic amines) is 1. The monoisotopic (exact) mass is 691 g/mol. The number of ether oxygens (including phenoxy) is 4. The first-order valence-corrected chi connectivity index (χ1v) is 17.7. The maximum atomic E-state index is 14.1. The molecule has 0 aliphatic carbocycles. The molecule has 13 heteroatoms. The van der Waals surface area contributed by atoms with Crippen LogP contribution in [0.2, 0.25) is 0 Å². The Labute approximate surface area is 293 Å². The van der Waals surface area contributed by atoms with E-state index < -0.39 is 12.2 Å². The zero-order chi connectivity index (χ0) is 35.2. The van der Waals surface area contributed by atoms with E-state index in [1.54, 1.807) is 12.0 Å². The van der Waals surface area contributed by atoms with Gasteiger partial charge in [0.25, 0.3) is 12.4 Å². The molecule has 0 bridgehead atoms. The SMILES string of the molecule is COc1ccc2c(c1)CCN(C1CCN(C(=O)O[C@H](Cc3cc(C)c(OC=O)c(C)c3)C(=O)N3CCN(C4CCOCC4)CC3)CC1)C(=O)N2. The second-order valence-electron chi connectivity index (χ2n) is 13.7. The molecular weight excluding hydrogens is 642 g/mol. The normalized spacial score (nSPS) is 20.0. The van der Waals surface area contributed by atoms with Crippen LogP contribution >= 0.6 is 0 Å². The summed E-state index contributed by atoms with van der Waals surface area (Å²) in [6.45, 7) is 9.68. The number of carbonyl (C=O) groups excluding carboxylic acids is 4. The molecule has 6 rings (SSSR count). The molecule has 2 aromatic rings. The van der Waals surface area contributed by atoms with Crippen LogP contribution < -0.4 is 14.8 Å². The number of anilines is 1. The van der Waals surface area contributed by atoms with Crippen molar-refractivity contribution in [2.24, 2.45) is 0 Å². The highest BCUT2D eigenvalue weighted by molar-refractivity contribution is 5.91. The number of carbonyl (C=O) groups is 4. The van der Waals surface area contributed by atoms with Gasteiger partial charge in [-0.1, -0.05) is 12.1 Å². The Balaban J connectivity index is 1.10. The molecule has 4 aliphatic heterocycles. The Kier molecular flexibility index (Phi) is 11.4. The lowest BCUT2D eigenvalue weighted by Gasteiger charge is -2.41. The fraction of sp³-hybridized carbons (Fsp3) is 0.568. The number of aryl methyl sites for hydroxylation is 2. The molecular formula is C37H49N5O8. The molecule has 4 aliphatic rings. The minimum absolute atomic E-state index is 0.0299. The van der Waals surface area contributed by atoms with Gasteiger partial charge in [-0.3, -0.25) is 14.5 Å². The molecule has 0 radical (unpaired) electrons. The minimum atomic E-state index is -1.02. The molecule has 270 valence electrons. The molecule has 13 nitrogen and oxygen atoms in total. The smallest absolute Gasteiger partial charge is 0.410 e. The topological polar surface area (TPSA) is 130 Å². The highest BCUT2D eigenvalue weighted by Gasteiger charge is 2.36. The Bertz CT molecular complexity index is 1520. The summed E-state index contributed by atoms with van der Waals surface area (Å²) in [6, 6.07) is 9.69. The first kappa shape index (κ1) is 35.5. The quantitative estimate of drug-likeness (QED) is 0.391. The van der Waals surface area contributed by atoms with E-state index in [-0.39, 0.29) is 24.4 Å². The third kappa shape index (κ3) is 8.15. The van der Waals surface area contributed by atoms with Crippen molar-refractivity contribution in [3.8, 4) is 11.5 Å². The van der Waals surface area contributed by atoms with Crippen molar-refractivity contribution in [1.29, 1.82) is 0 Å². The summed E-state index contributed by atoms with van der Waals surface area (Å²) in [5.74, 6) is 1.03. The highest BCUT2D eigenvalue weighted by Crippen LogP contribution is 2.29. The average Bonchev–Trinajstić information content (AvgIpc) is 3.30. The van der Waals surface area contributed by atoms with Gasteiger partial charge in [0.05, 0.1) is 7.11 Å². The standard InChI is InChI=1S/C37H49N5O8/c1-25-20-27(21-26(2)34(25)49-24-43)22-33(35(44)40-16-14-39(15-17-40)29-9-18-48-19-10-29)50-37(46)41-11-7-30(8-12-41)42-13-6-28-23-31(47-3)4-5-32(28)38-36(42)45/h4-5,20-21,23-24,29-30,33H,6-19,22H2,1-3H3,(H,38,45)/t33-/m1/s1. The van der Waals surface area contributed by atoms with Crippen molar-refractivity contribution >= 4 is 30.2 Å². The lowest BCUT2D eigenvalue weighted by molar-refractivity contribution is -0.143. The van der Waals surface area contributed by atoms with Crippen LogP contribution in [0.25, 0.3) is 0 Å². The van der Waals surface area contributed by atoms with Gasteiger partial charge in [-0.15, -0.1) is 0 Å². The van der Waals surface area contributed by atoms with Crippen LogP contribution in [0, 0.1) is 13.8 Å². The lowest BCUT2D eigenvalue weighted by atomic mass is 10.00. The largest absolute Gasteiger partial charge is 0.497 e. The Morgan fingerprint density at radius 1 is 0.920 bits per heavy atom. The van der Waals surface area contributed by atoms with Crippen molar-refractivity contribution in [3.63, 3.8) is 0 Å². The highest BCUT2D eigenvalue weighted by atomic mass is 16.6. The summed E-state index contributed by atoms with van der Waals surface area (Å²) in [4.78, 5) is 59.8. The molecule has 0 saturated carbocycles. The summed E-state index contributed by atoms with van der Waals surface area (Å²) >= 11 is 0. The molecule has 0 aromatic heterocycles. The van der Waals surface area contributed by atoms with Crippen molar-refractivity contribution < 1.29 is 38.1 Å². The van der Waals surface area contributed by atoms with Crippen LogP contribution in [-0.4, -0.2) is 128 Å². The van der Waals surface area contributed by atoms with Crippen LogP contribution in [0.1, 0.15) is 47.9 Å². The van der Waals surface area contributed by atoms with E-state index >= 15 is 0 Å². The van der Waals surface area contributed by atoms with Crippen LogP contribution in [0.3, 0.4) is 0 Å². The number of benzene rings is 2. The van der Waals surface area contributed by atoms with Gasteiger partial charge in [0, 0.05) is 83.2 Å². The molecule has 1 atom stereocenters. The maximum Gasteiger partial charge on any atom is 0.410 e. The lowest BCUT2D eigenvalue weighted by Crippen LogP contribution is -2.56. The number of nitrogens with one attached hydrogen (secondary N) is 1. The fourth-order valence-corrected chi connectivity index (χ4v) is 7.81. The predicted molar refractivity (Wildman–Crippen MR) is 186 cm³/mol. The van der Waals surface area contributed by atoms with E-state index in [1.807, 2.05) is 54.0 Å². The van der Waals surface area contributed by atoms with Crippen LogP contribution in [0.15, 0.2) is 30.3 Å². The van der Waals surface area contributed by atoms with E-state index in [1.165, 1.54) is 0 Å². The summed E-state index contributed by atoms with van der Waals surface area (Å²) in [6.07, 6.45) is 2.55. The van der Waals surface area contributed by atoms with E-state index in [2.05, 4.69) is 10.2 Å². The van der Waals surface area contributed by atoms with Gasteiger partial charge in [0.1, 0.15) is 11.5 Å². The van der Waals surface area contributed by atoms with Gasteiger partial charge in [0.2, 0.25) is 0 Å². The number of rotatable bonds is 9. The number of amides is 4. The van der Waals surface area contributed by atoms with Crippen molar-refractivity contribution in [1.82, 2.24) is 19.6 Å². The molecule has 3 fully saturated rings. The third-order valence-corrected chi connectivity index (χ3v) is 10.6. The van der Waals surface area contributed by atoms with Crippen molar-refractivity contribution in [2.45, 2.75) is 70.6 Å². The van der Waals surface area contributed by atoms with Crippen molar-refractivity contribution in [3.05, 3.63) is 52.6 Å². The molecule has 2 aromatic carbocycles. The van der Waals surface area contributed by atoms with Gasteiger partial charge < -0.3 is 39.0 Å². The third-order valence-electron chi connectivity index (χ3n) is 10.6. The summed E-state index contributed by atoms with van der Waals surface area (Å²) in [5, 5.41) is 3.04. The Morgan fingerprint density at radius 3 is 2.28 bits per heavy atom. The number of piperazine rings is 1. The molecule has 1 N–H and O–H groups in total. The second-order valence-corrected chi connectivity index (χ2v) is 13.7. The van der Waals surface area contributed by atoms with E-state index in [0.29, 0.717) is 70.2 Å². The van der Waals surface area contributed by atoms with Gasteiger partial charge in [-0.2, -0.15) is 0 Å². The summed E-state index contributed by atoms with van der Waals surface area (Å²) < 4.78 is 22.1. The number of fused-ring (bicyclic) bond motifs is 1. The maximum absolute atomic E-state index is 14.1. The first-order valence-electron chi connectivity index (χ1n) is 17.7. The number of hydrogen-bond donors (Lipinski definition) is 1. The molecule has 4 heterocycles. The summed E-state index contributed by atoms with van der Waals surface area (Å²) in [7, 11) is 1.63. The molecule has 3 saturated heterocycles. The van der Waals surface area contributed by atoms with Crippen LogP contribution in [0.5, 0.6) is 11.5 Å². The average molecular weight is 692 g/mol. The predicted octanol–water partition coefficient (Wildman–Crippen LogP) is 3.77. The zero-order valence-corrected chi connectivity index (χ0v) is 29.4. The van der Waals surface area contributed by atoms with E-state index in [9.17, 15) is 19.2 Å². The molecule has 50 heavy (non-hydrogen) atoms.